The summed E-state index contributed by atoms with van der Waals surface area (Å²) in [7, 11) is 0. The summed E-state index contributed by atoms with van der Waals surface area (Å²) in [5.74, 6) is 2.41. The molecule has 1 N–H and O–H groups in total. The second-order valence-electron chi connectivity index (χ2n) is 9.09. The van der Waals surface area contributed by atoms with Gasteiger partial charge in [-0.15, -0.1) is 6.42 Å². The lowest BCUT2D eigenvalue weighted by Crippen LogP contribution is -2.18. The van der Waals surface area contributed by atoms with Gasteiger partial charge in [-0.2, -0.15) is 5.10 Å². The maximum atomic E-state index is 13.4. The van der Waals surface area contributed by atoms with E-state index in [9.17, 15) is 4.79 Å². The van der Waals surface area contributed by atoms with Gasteiger partial charge in [0.15, 0.2) is 0 Å². The zero-order valence-electron chi connectivity index (χ0n) is 20.8. The molecule has 5 rings (SSSR count). The summed E-state index contributed by atoms with van der Waals surface area (Å²) in [5, 5.41) is 6.80. The first-order valence-electron chi connectivity index (χ1n) is 11.9. The second-order valence-corrected chi connectivity index (χ2v) is 9.53. The van der Waals surface area contributed by atoms with Crippen molar-refractivity contribution in [1.29, 1.82) is 0 Å². The third-order valence-corrected chi connectivity index (χ3v) is 6.74. The minimum absolute atomic E-state index is 0.314. The molecular formula is C31H25ClN4O. The number of hydrogen-bond acceptors (Lipinski definition) is 3. The number of aryl methyl sites for hydroxylation is 2. The standard InChI is InChI=1S/C31H25ClN4O/c1-5-14-36-21(4)27(25-16-20(3)7-13-30(25)36)18-33-35-31(37)26-17-29(22-8-10-23(32)11-9-22)34-28-12-6-19(2)15-24(26)28/h1,6-13,15-18H,14H2,2-4H3,(H,35,37)/b33-18+. The molecule has 0 aliphatic carbocycles. The minimum atomic E-state index is -0.314. The van der Waals surface area contributed by atoms with E-state index in [-0.39, 0.29) is 5.91 Å². The van der Waals surface area contributed by atoms with Crippen molar-refractivity contribution in [2.45, 2.75) is 27.3 Å². The fraction of sp³-hybridized carbons (Fsp3) is 0.129. The van der Waals surface area contributed by atoms with Gasteiger partial charge in [-0.1, -0.05) is 52.9 Å². The van der Waals surface area contributed by atoms with Gasteiger partial charge in [0.25, 0.3) is 5.91 Å². The first-order valence-corrected chi connectivity index (χ1v) is 12.3. The molecule has 0 spiro atoms. The summed E-state index contributed by atoms with van der Waals surface area (Å²) in [6.45, 7) is 6.50. The summed E-state index contributed by atoms with van der Waals surface area (Å²) in [6, 6.07) is 21.3. The molecule has 0 fully saturated rings. The maximum Gasteiger partial charge on any atom is 0.272 e. The van der Waals surface area contributed by atoms with E-state index in [2.05, 4.69) is 39.2 Å². The fourth-order valence-corrected chi connectivity index (χ4v) is 4.72. The van der Waals surface area contributed by atoms with E-state index in [1.54, 1.807) is 12.3 Å². The molecule has 37 heavy (non-hydrogen) atoms. The number of rotatable bonds is 5. The van der Waals surface area contributed by atoms with Gasteiger partial charge in [-0.3, -0.25) is 4.79 Å². The van der Waals surface area contributed by atoms with Crippen LogP contribution in [0.5, 0.6) is 0 Å². The highest BCUT2D eigenvalue weighted by Gasteiger charge is 2.15. The number of carbonyl (C=O) groups is 1. The maximum absolute atomic E-state index is 13.4. The van der Waals surface area contributed by atoms with Gasteiger partial charge in [-0.05, 0) is 63.2 Å². The minimum Gasteiger partial charge on any atom is -0.333 e. The zero-order valence-corrected chi connectivity index (χ0v) is 21.6. The molecule has 0 saturated heterocycles. The molecule has 2 aromatic heterocycles. The molecule has 0 unspecified atom stereocenters. The van der Waals surface area contributed by atoms with Crippen LogP contribution in [0.2, 0.25) is 5.02 Å². The molecule has 5 nitrogen and oxygen atoms in total. The second kappa shape index (κ2) is 9.93. The van der Waals surface area contributed by atoms with E-state index < -0.39 is 0 Å². The molecule has 182 valence electrons. The third kappa shape index (κ3) is 4.72. The van der Waals surface area contributed by atoms with E-state index in [1.165, 1.54) is 0 Å². The first-order chi connectivity index (χ1) is 17.9. The van der Waals surface area contributed by atoms with Gasteiger partial charge in [-0.25, -0.2) is 10.4 Å². The number of hydrogen-bond donors (Lipinski definition) is 1. The zero-order chi connectivity index (χ0) is 26.1. The monoisotopic (exact) mass is 504 g/mol. The van der Waals surface area contributed by atoms with Gasteiger partial charge in [0.1, 0.15) is 0 Å². The molecule has 1 amide bonds. The van der Waals surface area contributed by atoms with Crippen molar-refractivity contribution in [3.8, 4) is 23.6 Å². The van der Waals surface area contributed by atoms with Crippen LogP contribution in [-0.2, 0) is 6.54 Å². The molecule has 0 atom stereocenters. The average Bonchev–Trinajstić information content (AvgIpc) is 3.14. The van der Waals surface area contributed by atoms with Crippen molar-refractivity contribution in [2.75, 3.05) is 0 Å². The van der Waals surface area contributed by atoms with Gasteiger partial charge in [0.05, 0.1) is 29.5 Å². The number of halogens is 1. The predicted octanol–water partition coefficient (Wildman–Crippen LogP) is 6.83. The number of hydrazone groups is 1. The van der Waals surface area contributed by atoms with Crippen LogP contribution in [0.15, 0.2) is 71.8 Å². The lowest BCUT2D eigenvalue weighted by atomic mass is 10.0. The average molecular weight is 505 g/mol. The SMILES string of the molecule is C#CCn1c(C)c(/C=N/NC(=O)c2cc(-c3ccc(Cl)cc3)nc3ccc(C)cc23)c2cc(C)ccc21. The Labute approximate surface area is 220 Å². The van der Waals surface area contributed by atoms with Crippen LogP contribution < -0.4 is 5.43 Å². The normalized spacial score (nSPS) is 11.3. The summed E-state index contributed by atoms with van der Waals surface area (Å²) < 4.78 is 2.08. The van der Waals surface area contributed by atoms with Crippen LogP contribution in [0.1, 0.15) is 32.7 Å². The number of terminal acetylenes is 1. The Morgan fingerprint density at radius 3 is 2.46 bits per heavy atom. The van der Waals surface area contributed by atoms with Crippen molar-refractivity contribution < 1.29 is 4.79 Å². The number of aromatic nitrogens is 2. The summed E-state index contributed by atoms with van der Waals surface area (Å²) in [5.41, 5.74) is 10.6. The third-order valence-electron chi connectivity index (χ3n) is 6.49. The van der Waals surface area contributed by atoms with Crippen LogP contribution in [0.25, 0.3) is 33.1 Å². The largest absolute Gasteiger partial charge is 0.333 e. The van der Waals surface area contributed by atoms with Crippen LogP contribution in [0.4, 0.5) is 0 Å². The van der Waals surface area contributed by atoms with Gasteiger partial charge in [0.2, 0.25) is 0 Å². The van der Waals surface area contributed by atoms with Gasteiger partial charge >= 0.3 is 0 Å². The number of benzene rings is 3. The number of amides is 1. The lowest BCUT2D eigenvalue weighted by molar-refractivity contribution is 0.0956. The topological polar surface area (TPSA) is 59.3 Å². The molecule has 0 aliphatic rings. The van der Waals surface area contributed by atoms with Gasteiger partial charge < -0.3 is 4.57 Å². The Hall–Kier alpha value is -4.40. The smallest absolute Gasteiger partial charge is 0.272 e. The quantitative estimate of drug-likeness (QED) is 0.162. The lowest BCUT2D eigenvalue weighted by Gasteiger charge is -2.10. The summed E-state index contributed by atoms with van der Waals surface area (Å²) in [6.07, 6.45) is 7.30. The van der Waals surface area contributed by atoms with E-state index >= 15 is 0 Å². The fourth-order valence-electron chi connectivity index (χ4n) is 4.59. The molecular weight excluding hydrogens is 480 g/mol. The molecule has 0 aliphatic heterocycles. The number of pyridine rings is 1. The number of fused-ring (bicyclic) bond motifs is 2. The Bertz CT molecular complexity index is 1740. The highest BCUT2D eigenvalue weighted by molar-refractivity contribution is 6.30. The van der Waals surface area contributed by atoms with E-state index in [0.717, 1.165) is 49.8 Å². The number of nitrogens with one attached hydrogen (secondary N) is 1. The Balaban J connectivity index is 1.53. The van der Waals surface area contributed by atoms with Crippen molar-refractivity contribution >= 4 is 45.5 Å². The van der Waals surface area contributed by atoms with Crippen molar-refractivity contribution in [1.82, 2.24) is 15.0 Å². The van der Waals surface area contributed by atoms with Crippen molar-refractivity contribution in [3.63, 3.8) is 0 Å². The van der Waals surface area contributed by atoms with E-state index in [4.69, 9.17) is 23.0 Å². The Morgan fingerprint density at radius 1 is 1.03 bits per heavy atom. The van der Waals surface area contributed by atoms with Crippen LogP contribution in [0, 0.1) is 33.1 Å². The van der Waals surface area contributed by atoms with Crippen LogP contribution in [-0.4, -0.2) is 21.7 Å². The Kier molecular flexibility index (Phi) is 6.52. The summed E-state index contributed by atoms with van der Waals surface area (Å²) >= 11 is 6.06. The van der Waals surface area contributed by atoms with Gasteiger partial charge in [0, 0.05) is 38.1 Å². The molecule has 2 heterocycles. The number of carbonyl (C=O) groups excluding carboxylic acids is 1. The van der Waals surface area contributed by atoms with Crippen molar-refractivity contribution in [3.05, 3.63) is 99.7 Å². The molecule has 3 aromatic carbocycles. The highest BCUT2D eigenvalue weighted by atomic mass is 35.5. The first kappa shape index (κ1) is 24.3. The van der Waals surface area contributed by atoms with E-state index in [0.29, 0.717) is 22.8 Å². The highest BCUT2D eigenvalue weighted by Crippen LogP contribution is 2.28. The van der Waals surface area contributed by atoms with Crippen LogP contribution >= 0.6 is 11.6 Å². The molecule has 5 aromatic rings. The van der Waals surface area contributed by atoms with Crippen molar-refractivity contribution in [2.24, 2.45) is 5.10 Å². The Morgan fingerprint density at radius 2 is 1.73 bits per heavy atom. The predicted molar refractivity (Wildman–Crippen MR) is 152 cm³/mol. The molecule has 6 heteroatoms. The van der Waals surface area contributed by atoms with E-state index in [1.807, 2.05) is 63.2 Å². The molecule has 0 saturated carbocycles. The number of nitrogens with zero attached hydrogens (tertiary/aromatic N) is 3. The molecule has 0 bridgehead atoms. The summed E-state index contributed by atoms with van der Waals surface area (Å²) in [4.78, 5) is 18.2. The van der Waals surface area contributed by atoms with Crippen LogP contribution in [0.3, 0.4) is 0 Å². The molecule has 0 radical (unpaired) electrons.